The second kappa shape index (κ2) is 5.63. The van der Waals surface area contributed by atoms with Gasteiger partial charge in [0.25, 0.3) is 0 Å². The molecule has 0 bridgehead atoms. The maximum atomic E-state index is 13.0. The number of halogens is 2. The topological polar surface area (TPSA) is 20.2 Å². The molecule has 0 aliphatic carbocycles. The Morgan fingerprint density at radius 3 is 2.44 bits per heavy atom. The van der Waals surface area contributed by atoms with Gasteiger partial charge in [0.05, 0.1) is 6.10 Å². The number of benzene rings is 2. The molecule has 0 radical (unpaired) electrons. The summed E-state index contributed by atoms with van der Waals surface area (Å²) in [5.74, 6) is -0.241. The van der Waals surface area contributed by atoms with Gasteiger partial charge in [0.2, 0.25) is 0 Å². The maximum absolute atomic E-state index is 13.0. The molecule has 0 aliphatic heterocycles. The zero-order valence-electron chi connectivity index (χ0n) is 10.0. The van der Waals surface area contributed by atoms with Crippen LogP contribution in [0.5, 0.6) is 0 Å². The van der Waals surface area contributed by atoms with Crippen molar-refractivity contribution in [1.29, 1.82) is 0 Å². The summed E-state index contributed by atoms with van der Waals surface area (Å²) in [7, 11) is 0. The predicted molar refractivity (Wildman–Crippen MR) is 73.9 cm³/mol. The molecule has 2 rings (SSSR count). The van der Waals surface area contributed by atoms with Gasteiger partial charge in [-0.3, -0.25) is 0 Å². The van der Waals surface area contributed by atoms with Crippen molar-refractivity contribution in [2.75, 3.05) is 0 Å². The van der Waals surface area contributed by atoms with E-state index >= 15 is 0 Å². The molecular weight excluding hydrogens is 295 g/mol. The van der Waals surface area contributed by atoms with Gasteiger partial charge in [-0.2, -0.15) is 0 Å². The minimum atomic E-state index is -0.567. The van der Waals surface area contributed by atoms with Crippen molar-refractivity contribution < 1.29 is 9.50 Å². The Balaban J connectivity index is 2.15. The van der Waals surface area contributed by atoms with E-state index in [2.05, 4.69) is 15.9 Å². The molecule has 0 spiro atoms. The molecule has 1 nitrogen and oxygen atoms in total. The molecule has 94 valence electrons. The number of hydrogen-bond donors (Lipinski definition) is 1. The Morgan fingerprint density at radius 2 is 1.83 bits per heavy atom. The van der Waals surface area contributed by atoms with E-state index < -0.39 is 6.10 Å². The van der Waals surface area contributed by atoms with Gasteiger partial charge >= 0.3 is 0 Å². The fourth-order valence-electron chi connectivity index (χ4n) is 1.90. The third kappa shape index (κ3) is 3.18. The number of aliphatic hydroxyl groups excluding tert-OH is 1. The Morgan fingerprint density at radius 1 is 1.17 bits per heavy atom. The highest BCUT2D eigenvalue weighted by Crippen LogP contribution is 2.22. The van der Waals surface area contributed by atoms with E-state index in [0.29, 0.717) is 6.42 Å². The first-order valence-electron chi connectivity index (χ1n) is 5.75. The average Bonchev–Trinajstić information content (AvgIpc) is 2.33. The minimum Gasteiger partial charge on any atom is -0.388 e. The largest absolute Gasteiger partial charge is 0.388 e. The zero-order valence-corrected chi connectivity index (χ0v) is 11.6. The van der Waals surface area contributed by atoms with Crippen molar-refractivity contribution in [3.05, 3.63) is 69.4 Å². The van der Waals surface area contributed by atoms with Gasteiger partial charge in [0.1, 0.15) is 5.82 Å². The molecule has 2 aromatic rings. The summed E-state index contributed by atoms with van der Waals surface area (Å²) >= 11 is 3.36. The number of aliphatic hydroxyl groups is 1. The van der Waals surface area contributed by atoms with Crippen LogP contribution in [0.4, 0.5) is 4.39 Å². The van der Waals surface area contributed by atoms with E-state index in [1.165, 1.54) is 12.1 Å². The molecule has 0 aromatic heterocycles. The lowest BCUT2D eigenvalue weighted by Crippen LogP contribution is -2.03. The first-order valence-corrected chi connectivity index (χ1v) is 6.54. The smallest absolute Gasteiger partial charge is 0.123 e. The molecule has 0 amide bonds. The standard InChI is InChI=1S/C15H14BrFO/c1-10-8-14(17)7-4-12(10)9-15(18)11-2-5-13(16)6-3-11/h2-8,15,18H,9H2,1H3. The molecule has 1 atom stereocenters. The molecule has 1 unspecified atom stereocenters. The van der Waals surface area contributed by atoms with Crippen molar-refractivity contribution >= 4 is 15.9 Å². The van der Waals surface area contributed by atoms with E-state index in [4.69, 9.17) is 0 Å². The van der Waals surface area contributed by atoms with Crippen molar-refractivity contribution in [3.63, 3.8) is 0 Å². The Bertz CT molecular complexity index is 537. The number of hydrogen-bond acceptors (Lipinski definition) is 1. The predicted octanol–water partition coefficient (Wildman–Crippen LogP) is 4.17. The van der Waals surface area contributed by atoms with Crippen LogP contribution >= 0.6 is 15.9 Å². The molecule has 3 heteroatoms. The highest BCUT2D eigenvalue weighted by Gasteiger charge is 2.10. The van der Waals surface area contributed by atoms with Gasteiger partial charge in [0.15, 0.2) is 0 Å². The van der Waals surface area contributed by atoms with E-state index in [1.54, 1.807) is 6.07 Å². The van der Waals surface area contributed by atoms with Crippen LogP contribution in [0.25, 0.3) is 0 Å². The summed E-state index contributed by atoms with van der Waals surface area (Å²) in [6.07, 6.45) is -0.0736. The lowest BCUT2D eigenvalue weighted by Gasteiger charge is -2.13. The summed E-state index contributed by atoms with van der Waals surface area (Å²) in [6, 6.07) is 12.2. The van der Waals surface area contributed by atoms with Crippen molar-refractivity contribution in [3.8, 4) is 0 Å². The van der Waals surface area contributed by atoms with E-state index in [9.17, 15) is 9.50 Å². The maximum Gasteiger partial charge on any atom is 0.123 e. The molecule has 1 N–H and O–H groups in total. The molecule has 0 aliphatic rings. The highest BCUT2D eigenvalue weighted by molar-refractivity contribution is 9.10. The van der Waals surface area contributed by atoms with Crippen molar-refractivity contribution in [1.82, 2.24) is 0 Å². The van der Waals surface area contributed by atoms with E-state index in [1.807, 2.05) is 31.2 Å². The van der Waals surface area contributed by atoms with E-state index in [-0.39, 0.29) is 5.82 Å². The van der Waals surface area contributed by atoms with E-state index in [0.717, 1.165) is 21.2 Å². The monoisotopic (exact) mass is 308 g/mol. The van der Waals surface area contributed by atoms with Crippen LogP contribution < -0.4 is 0 Å². The normalized spacial score (nSPS) is 12.4. The molecule has 0 fully saturated rings. The van der Waals surface area contributed by atoms with Crippen LogP contribution in [0.3, 0.4) is 0 Å². The molecule has 0 saturated heterocycles. The first-order chi connectivity index (χ1) is 8.56. The van der Waals surface area contributed by atoms with Crippen LogP contribution in [0.2, 0.25) is 0 Å². The molecule has 2 aromatic carbocycles. The third-order valence-electron chi connectivity index (χ3n) is 2.97. The fraction of sp³-hybridized carbons (Fsp3) is 0.200. The van der Waals surface area contributed by atoms with Crippen LogP contribution in [0.15, 0.2) is 46.9 Å². The lowest BCUT2D eigenvalue weighted by atomic mass is 9.98. The molecule has 18 heavy (non-hydrogen) atoms. The van der Waals surface area contributed by atoms with Gasteiger partial charge in [-0.15, -0.1) is 0 Å². The SMILES string of the molecule is Cc1cc(F)ccc1CC(O)c1ccc(Br)cc1. The summed E-state index contributed by atoms with van der Waals surface area (Å²) in [5.41, 5.74) is 2.69. The number of aryl methyl sites for hydroxylation is 1. The third-order valence-corrected chi connectivity index (χ3v) is 3.50. The van der Waals surface area contributed by atoms with Crippen LogP contribution in [0.1, 0.15) is 22.8 Å². The average molecular weight is 309 g/mol. The van der Waals surface area contributed by atoms with Gasteiger partial charge in [-0.05, 0) is 47.9 Å². The second-order valence-electron chi connectivity index (χ2n) is 4.34. The summed E-state index contributed by atoms with van der Waals surface area (Å²) < 4.78 is 14.0. The fourth-order valence-corrected chi connectivity index (χ4v) is 2.16. The van der Waals surface area contributed by atoms with Gasteiger partial charge < -0.3 is 5.11 Å². The zero-order chi connectivity index (χ0) is 13.1. The van der Waals surface area contributed by atoms with Crippen LogP contribution in [0, 0.1) is 12.7 Å². The van der Waals surface area contributed by atoms with Crippen molar-refractivity contribution in [2.24, 2.45) is 0 Å². The number of rotatable bonds is 3. The van der Waals surface area contributed by atoms with Crippen molar-refractivity contribution in [2.45, 2.75) is 19.4 Å². The van der Waals surface area contributed by atoms with Gasteiger partial charge in [0, 0.05) is 10.9 Å². The quantitative estimate of drug-likeness (QED) is 0.902. The first kappa shape index (κ1) is 13.2. The second-order valence-corrected chi connectivity index (χ2v) is 5.26. The summed E-state index contributed by atoms with van der Waals surface area (Å²) in [5, 5.41) is 10.1. The van der Waals surface area contributed by atoms with Gasteiger partial charge in [-0.1, -0.05) is 34.1 Å². The molecular formula is C15H14BrFO. The molecule has 0 saturated carbocycles. The minimum absolute atomic E-state index is 0.241. The Labute approximate surface area is 114 Å². The highest BCUT2D eigenvalue weighted by atomic mass is 79.9. The molecule has 0 heterocycles. The lowest BCUT2D eigenvalue weighted by molar-refractivity contribution is 0.178. The van der Waals surface area contributed by atoms with Gasteiger partial charge in [-0.25, -0.2) is 4.39 Å². The summed E-state index contributed by atoms with van der Waals surface area (Å²) in [4.78, 5) is 0. The van der Waals surface area contributed by atoms with Crippen LogP contribution in [-0.2, 0) is 6.42 Å². The summed E-state index contributed by atoms with van der Waals surface area (Å²) in [6.45, 7) is 1.85. The Hall–Kier alpha value is -1.19. The van der Waals surface area contributed by atoms with Crippen LogP contribution in [-0.4, -0.2) is 5.11 Å². The Kier molecular flexibility index (Phi) is 4.15.